The fourth-order valence-electron chi connectivity index (χ4n) is 0.394. The lowest BCUT2D eigenvalue weighted by atomic mass is 10.3. The maximum atomic E-state index is 10.2. The normalized spacial score (nSPS) is 8.00. The minimum absolute atomic E-state index is 0.343. The Morgan fingerprint density at radius 2 is 1.58 bits per heavy atom. The molecule has 0 saturated heterocycles. The number of Topliss-reactive ketones (excluding diaryl/α,β-unsaturated/α-hetero) is 1. The zero-order valence-corrected chi connectivity index (χ0v) is 9.16. The molecule has 0 heterocycles. The van der Waals surface area contributed by atoms with Crippen molar-refractivity contribution < 1.29 is 9.53 Å². The number of ether oxygens (including phenoxy) is 1. The van der Waals surface area contributed by atoms with Crippen molar-refractivity contribution in [2.75, 3.05) is 7.11 Å². The Morgan fingerprint density at radius 3 is 1.58 bits per heavy atom. The maximum Gasteiger partial charge on any atom is 0.158 e. The number of hydrogen-bond acceptors (Lipinski definition) is 3. The molecule has 0 rings (SSSR count). The van der Waals surface area contributed by atoms with Crippen LogP contribution in [0.4, 0.5) is 0 Å². The van der Waals surface area contributed by atoms with Gasteiger partial charge < -0.3 is 4.74 Å². The van der Waals surface area contributed by atoms with E-state index in [0.717, 1.165) is 6.42 Å². The number of carbonyl (C=O) groups is 1. The van der Waals surface area contributed by atoms with Gasteiger partial charge in [-0.15, -0.1) is 0 Å². The minimum atomic E-state index is 0.343. The lowest BCUT2D eigenvalue weighted by Gasteiger charge is -1.91. The van der Waals surface area contributed by atoms with Crippen LogP contribution in [0.25, 0.3) is 0 Å². The standard InChI is InChI=1S/C5H10O.C4H8OS/c1-3-5(6)4-2;1-3-4(6)5-2/h3-4H2,1-2H3;3H2,1-2H3. The van der Waals surface area contributed by atoms with Crippen LogP contribution in [0.1, 0.15) is 40.0 Å². The van der Waals surface area contributed by atoms with Gasteiger partial charge in [0.25, 0.3) is 0 Å². The number of ketones is 1. The molecule has 0 bridgehead atoms. The van der Waals surface area contributed by atoms with E-state index < -0.39 is 0 Å². The van der Waals surface area contributed by atoms with Crippen LogP contribution in [-0.2, 0) is 9.53 Å². The Labute approximate surface area is 80.3 Å². The van der Waals surface area contributed by atoms with Crippen molar-refractivity contribution in [3.8, 4) is 0 Å². The number of carbonyl (C=O) groups excluding carboxylic acids is 1. The molecular weight excluding hydrogens is 172 g/mol. The highest BCUT2D eigenvalue weighted by Crippen LogP contribution is 1.83. The van der Waals surface area contributed by atoms with Crippen molar-refractivity contribution in [1.29, 1.82) is 0 Å². The maximum absolute atomic E-state index is 10.2. The van der Waals surface area contributed by atoms with Gasteiger partial charge in [-0.25, -0.2) is 0 Å². The van der Waals surface area contributed by atoms with Gasteiger partial charge >= 0.3 is 0 Å². The molecule has 0 saturated carbocycles. The average Bonchev–Trinajstić information content (AvgIpc) is 2.16. The average molecular weight is 190 g/mol. The van der Waals surface area contributed by atoms with E-state index in [2.05, 4.69) is 17.0 Å². The highest BCUT2D eigenvalue weighted by Gasteiger charge is 1.86. The Hall–Kier alpha value is -0.440. The van der Waals surface area contributed by atoms with E-state index in [1.165, 1.54) is 0 Å². The number of methoxy groups -OCH3 is 1. The minimum Gasteiger partial charge on any atom is -0.490 e. The first-order valence-corrected chi connectivity index (χ1v) is 4.61. The fourth-order valence-corrected chi connectivity index (χ4v) is 0.394. The van der Waals surface area contributed by atoms with E-state index in [9.17, 15) is 4.79 Å². The second-order valence-corrected chi connectivity index (χ2v) is 2.63. The first-order chi connectivity index (χ1) is 5.62. The summed E-state index contributed by atoms with van der Waals surface area (Å²) in [6, 6.07) is 0. The lowest BCUT2D eigenvalue weighted by molar-refractivity contribution is -0.118. The molecular formula is C9H18O2S. The second-order valence-electron chi connectivity index (χ2n) is 2.18. The van der Waals surface area contributed by atoms with Gasteiger partial charge in [0.1, 0.15) is 5.78 Å². The lowest BCUT2D eigenvalue weighted by Crippen LogP contribution is -1.91. The predicted octanol–water partition coefficient (Wildman–Crippen LogP) is 2.75. The van der Waals surface area contributed by atoms with E-state index >= 15 is 0 Å². The van der Waals surface area contributed by atoms with Gasteiger partial charge in [0, 0.05) is 19.3 Å². The molecule has 0 aliphatic carbocycles. The smallest absolute Gasteiger partial charge is 0.158 e. The second kappa shape index (κ2) is 10.6. The SMILES string of the molecule is CCC(=O)CC.CCC(=S)OC. The zero-order valence-electron chi connectivity index (χ0n) is 8.35. The number of thiocarbonyl (C=S) groups is 1. The largest absolute Gasteiger partial charge is 0.490 e. The Bertz CT molecular complexity index is 104. The van der Waals surface area contributed by atoms with Crippen molar-refractivity contribution in [1.82, 2.24) is 0 Å². The van der Waals surface area contributed by atoms with Gasteiger partial charge in [0.2, 0.25) is 0 Å². The summed E-state index contributed by atoms with van der Waals surface area (Å²) in [5, 5.41) is 0.676. The van der Waals surface area contributed by atoms with Gasteiger partial charge in [0.05, 0.1) is 7.11 Å². The molecule has 0 radical (unpaired) electrons. The van der Waals surface area contributed by atoms with Gasteiger partial charge in [-0.3, -0.25) is 4.79 Å². The van der Waals surface area contributed by atoms with Gasteiger partial charge in [-0.1, -0.05) is 20.8 Å². The van der Waals surface area contributed by atoms with Crippen molar-refractivity contribution in [2.24, 2.45) is 0 Å². The van der Waals surface area contributed by atoms with Crippen LogP contribution in [0.5, 0.6) is 0 Å². The third kappa shape index (κ3) is 12.3. The summed E-state index contributed by atoms with van der Waals surface area (Å²) in [5.74, 6) is 0.343. The molecule has 0 aliphatic rings. The summed E-state index contributed by atoms with van der Waals surface area (Å²) in [6.45, 7) is 5.73. The molecule has 0 aromatic rings. The molecule has 0 amide bonds. The van der Waals surface area contributed by atoms with Crippen LogP contribution in [0.15, 0.2) is 0 Å². The van der Waals surface area contributed by atoms with Crippen molar-refractivity contribution in [2.45, 2.75) is 40.0 Å². The molecule has 0 unspecified atom stereocenters. The quantitative estimate of drug-likeness (QED) is 0.640. The molecule has 2 nitrogen and oxygen atoms in total. The van der Waals surface area contributed by atoms with Crippen LogP contribution in [0, 0.1) is 0 Å². The third-order valence-corrected chi connectivity index (χ3v) is 1.76. The number of hydrogen-bond donors (Lipinski definition) is 0. The Balaban J connectivity index is 0. The van der Waals surface area contributed by atoms with Gasteiger partial charge in [-0.05, 0) is 12.2 Å². The summed E-state index contributed by atoms with van der Waals surface area (Å²) >= 11 is 4.63. The van der Waals surface area contributed by atoms with E-state index in [1.807, 2.05) is 20.8 Å². The van der Waals surface area contributed by atoms with Gasteiger partial charge in [-0.2, -0.15) is 0 Å². The Morgan fingerprint density at radius 1 is 1.17 bits per heavy atom. The van der Waals surface area contributed by atoms with Crippen LogP contribution in [-0.4, -0.2) is 17.9 Å². The van der Waals surface area contributed by atoms with Gasteiger partial charge in [0.15, 0.2) is 5.05 Å². The van der Waals surface area contributed by atoms with Crippen LogP contribution in [0.2, 0.25) is 0 Å². The van der Waals surface area contributed by atoms with Crippen molar-refractivity contribution in [3.05, 3.63) is 0 Å². The highest BCUT2D eigenvalue weighted by atomic mass is 32.1. The molecule has 3 heteroatoms. The molecule has 0 aliphatic heterocycles. The van der Waals surface area contributed by atoms with Crippen LogP contribution >= 0.6 is 12.2 Å². The molecule has 0 aromatic carbocycles. The summed E-state index contributed by atoms with van der Waals surface area (Å²) in [6.07, 6.45) is 2.22. The van der Waals surface area contributed by atoms with Crippen molar-refractivity contribution >= 4 is 23.1 Å². The van der Waals surface area contributed by atoms with E-state index in [0.29, 0.717) is 23.7 Å². The van der Waals surface area contributed by atoms with Crippen LogP contribution in [0.3, 0.4) is 0 Å². The summed E-state index contributed by atoms with van der Waals surface area (Å²) in [4.78, 5) is 10.2. The monoisotopic (exact) mass is 190 g/mol. The molecule has 0 spiro atoms. The summed E-state index contributed by atoms with van der Waals surface area (Å²) in [5.41, 5.74) is 0. The molecule has 12 heavy (non-hydrogen) atoms. The molecule has 72 valence electrons. The number of rotatable bonds is 3. The third-order valence-electron chi connectivity index (χ3n) is 1.31. The highest BCUT2D eigenvalue weighted by molar-refractivity contribution is 7.80. The fraction of sp³-hybridized carbons (Fsp3) is 0.778. The first-order valence-electron chi connectivity index (χ1n) is 4.20. The summed E-state index contributed by atoms with van der Waals surface area (Å²) < 4.78 is 4.63. The van der Waals surface area contributed by atoms with Crippen LogP contribution < -0.4 is 0 Å². The molecule has 0 aromatic heterocycles. The van der Waals surface area contributed by atoms with E-state index in [1.54, 1.807) is 7.11 Å². The molecule has 0 fully saturated rings. The molecule has 0 N–H and O–H groups in total. The first kappa shape index (κ1) is 14.1. The topological polar surface area (TPSA) is 26.3 Å². The predicted molar refractivity (Wildman–Crippen MR) is 55.5 cm³/mol. The van der Waals surface area contributed by atoms with E-state index in [4.69, 9.17) is 0 Å². The zero-order chi connectivity index (χ0) is 9.98. The van der Waals surface area contributed by atoms with Crippen molar-refractivity contribution in [3.63, 3.8) is 0 Å². The molecule has 0 atom stereocenters. The summed E-state index contributed by atoms with van der Waals surface area (Å²) in [7, 11) is 1.59. The Kier molecular flexibility index (Phi) is 12.4. The van der Waals surface area contributed by atoms with E-state index in [-0.39, 0.29) is 0 Å².